The highest BCUT2D eigenvalue weighted by molar-refractivity contribution is 6.03. The fraction of sp³-hybridized carbons (Fsp3) is 0.273. The maximum Gasteiger partial charge on any atom is 0.274 e. The van der Waals surface area contributed by atoms with Gasteiger partial charge >= 0.3 is 0 Å². The number of nitrogens with one attached hydrogen (secondary N) is 2. The number of hydrogen-bond donors (Lipinski definition) is 2. The maximum atomic E-state index is 14.9. The van der Waals surface area contributed by atoms with Crippen molar-refractivity contribution < 1.29 is 9.18 Å². The lowest BCUT2D eigenvalue weighted by molar-refractivity contribution is 0.101. The molecule has 1 fully saturated rings. The fourth-order valence-corrected chi connectivity index (χ4v) is 3.72. The first-order valence-corrected chi connectivity index (χ1v) is 9.68. The fourth-order valence-electron chi connectivity index (χ4n) is 3.72. The predicted octanol–water partition coefficient (Wildman–Crippen LogP) is 4.21. The van der Waals surface area contributed by atoms with Crippen molar-refractivity contribution in [2.75, 3.05) is 11.9 Å². The number of hydrogen-bond acceptors (Lipinski definition) is 3. The number of carbonyl (C=O) groups excluding carboxylic acids is 1. The molecule has 2 N–H and O–H groups in total. The minimum Gasteiger partial charge on any atom is -0.318 e. The third-order valence-corrected chi connectivity index (χ3v) is 5.41. The summed E-state index contributed by atoms with van der Waals surface area (Å²) in [4.78, 5) is 13.0. The average Bonchev–Trinajstić information content (AvgIpc) is 3.49. The van der Waals surface area contributed by atoms with E-state index in [0.29, 0.717) is 30.1 Å². The molecule has 0 bridgehead atoms. The molecule has 0 atom stereocenters. The lowest BCUT2D eigenvalue weighted by Gasteiger charge is -2.19. The molecule has 1 aliphatic carbocycles. The summed E-state index contributed by atoms with van der Waals surface area (Å²) in [6, 6.07) is 14.9. The second-order valence-electron chi connectivity index (χ2n) is 7.42. The van der Waals surface area contributed by atoms with E-state index in [1.165, 1.54) is 0 Å². The van der Waals surface area contributed by atoms with Crippen LogP contribution in [0.15, 0.2) is 48.5 Å². The number of benzene rings is 2. The van der Waals surface area contributed by atoms with E-state index in [1.54, 1.807) is 10.7 Å². The normalized spacial score (nSPS) is 15.3. The molecule has 1 aromatic heterocycles. The molecule has 0 saturated heterocycles. The molecule has 1 aliphatic heterocycles. The van der Waals surface area contributed by atoms with E-state index in [4.69, 9.17) is 0 Å². The highest BCUT2D eigenvalue weighted by Crippen LogP contribution is 2.40. The molecular weight excluding hydrogens is 391 g/mol. The standard InChI is InChI=1S/C22H21FN4O.ClH/c23-21-17-10-11-24-13-15(17)8-9-18(21)25-22(28)20-12-19(14-6-7-14)26-27(20)16-4-2-1-3-5-16;/h1-5,8-9,12,14,24H,6-7,10-11,13H2,(H,25,28);1H. The van der Waals surface area contributed by atoms with Crippen LogP contribution in [-0.4, -0.2) is 22.2 Å². The quantitative estimate of drug-likeness (QED) is 0.675. The van der Waals surface area contributed by atoms with Crippen LogP contribution in [0, 0.1) is 5.82 Å². The van der Waals surface area contributed by atoms with E-state index in [0.717, 1.165) is 36.3 Å². The van der Waals surface area contributed by atoms with Crippen LogP contribution in [0.3, 0.4) is 0 Å². The van der Waals surface area contributed by atoms with Crippen molar-refractivity contribution in [3.8, 4) is 5.69 Å². The zero-order valence-corrected chi connectivity index (χ0v) is 16.6. The maximum absolute atomic E-state index is 14.9. The lowest BCUT2D eigenvalue weighted by Crippen LogP contribution is -2.25. The Morgan fingerprint density at radius 3 is 2.72 bits per heavy atom. The van der Waals surface area contributed by atoms with Crippen molar-refractivity contribution in [3.63, 3.8) is 0 Å². The molecule has 3 aromatic rings. The number of anilines is 1. The Morgan fingerprint density at radius 1 is 1.17 bits per heavy atom. The Kier molecular flexibility index (Phi) is 5.39. The highest BCUT2D eigenvalue weighted by Gasteiger charge is 2.29. The minimum absolute atomic E-state index is 0. The van der Waals surface area contributed by atoms with Gasteiger partial charge in [-0.1, -0.05) is 24.3 Å². The Balaban J connectivity index is 0.00000205. The predicted molar refractivity (Wildman–Crippen MR) is 113 cm³/mol. The summed E-state index contributed by atoms with van der Waals surface area (Å²) in [7, 11) is 0. The number of carbonyl (C=O) groups is 1. The SMILES string of the molecule is Cl.O=C(Nc1ccc2c(c1F)CCNC2)c1cc(C2CC2)nn1-c1ccccc1. The lowest BCUT2D eigenvalue weighted by atomic mass is 9.99. The third kappa shape index (κ3) is 3.78. The van der Waals surface area contributed by atoms with Crippen molar-refractivity contribution in [1.82, 2.24) is 15.1 Å². The monoisotopic (exact) mass is 412 g/mol. The molecule has 0 unspecified atom stereocenters. The van der Waals surface area contributed by atoms with Crippen LogP contribution in [0.25, 0.3) is 5.69 Å². The van der Waals surface area contributed by atoms with Crippen LogP contribution < -0.4 is 10.6 Å². The van der Waals surface area contributed by atoms with E-state index in [2.05, 4.69) is 15.7 Å². The van der Waals surface area contributed by atoms with E-state index < -0.39 is 0 Å². The van der Waals surface area contributed by atoms with Crippen LogP contribution in [0.4, 0.5) is 10.1 Å². The van der Waals surface area contributed by atoms with Crippen molar-refractivity contribution >= 4 is 24.0 Å². The van der Waals surface area contributed by atoms with Crippen molar-refractivity contribution in [3.05, 3.63) is 76.9 Å². The van der Waals surface area contributed by atoms with Gasteiger partial charge in [-0.2, -0.15) is 5.10 Å². The molecule has 2 aliphatic rings. The van der Waals surface area contributed by atoms with Crippen LogP contribution in [-0.2, 0) is 13.0 Å². The number of amides is 1. The van der Waals surface area contributed by atoms with Gasteiger partial charge in [0.25, 0.3) is 5.91 Å². The highest BCUT2D eigenvalue weighted by atomic mass is 35.5. The van der Waals surface area contributed by atoms with E-state index >= 15 is 0 Å². The van der Waals surface area contributed by atoms with E-state index in [1.807, 2.05) is 42.5 Å². The summed E-state index contributed by atoms with van der Waals surface area (Å²) in [5, 5.41) is 10.6. The second-order valence-corrected chi connectivity index (χ2v) is 7.42. The van der Waals surface area contributed by atoms with Gasteiger partial charge in [-0.25, -0.2) is 9.07 Å². The number of rotatable bonds is 4. The summed E-state index contributed by atoms with van der Waals surface area (Å²) in [5.74, 6) is -0.263. The van der Waals surface area contributed by atoms with E-state index in [-0.39, 0.29) is 29.8 Å². The van der Waals surface area contributed by atoms with Gasteiger partial charge < -0.3 is 10.6 Å². The third-order valence-electron chi connectivity index (χ3n) is 5.41. The van der Waals surface area contributed by atoms with Gasteiger partial charge in [-0.15, -0.1) is 12.4 Å². The Bertz CT molecular complexity index is 1050. The summed E-state index contributed by atoms with van der Waals surface area (Å²) in [6.07, 6.45) is 2.82. The van der Waals surface area contributed by atoms with Crippen LogP contribution in [0.5, 0.6) is 0 Å². The molecule has 2 heterocycles. The van der Waals surface area contributed by atoms with Crippen LogP contribution >= 0.6 is 12.4 Å². The Hall–Kier alpha value is -2.70. The number of nitrogens with zero attached hydrogens (tertiary/aromatic N) is 2. The molecular formula is C22H22ClFN4O. The van der Waals surface area contributed by atoms with Crippen molar-refractivity contribution in [2.45, 2.75) is 31.7 Å². The minimum atomic E-state index is -0.351. The van der Waals surface area contributed by atoms with Gasteiger partial charge in [0.15, 0.2) is 0 Å². The Labute approximate surface area is 174 Å². The summed E-state index contributed by atoms with van der Waals surface area (Å²) >= 11 is 0. The summed E-state index contributed by atoms with van der Waals surface area (Å²) < 4.78 is 16.6. The largest absolute Gasteiger partial charge is 0.318 e. The van der Waals surface area contributed by atoms with E-state index in [9.17, 15) is 9.18 Å². The molecule has 5 rings (SSSR count). The van der Waals surface area contributed by atoms with Gasteiger partial charge in [-0.3, -0.25) is 4.79 Å². The zero-order chi connectivity index (χ0) is 19.1. The van der Waals surface area contributed by atoms with Crippen LogP contribution in [0.1, 0.15) is 46.1 Å². The molecule has 0 spiro atoms. The topological polar surface area (TPSA) is 59.0 Å². The van der Waals surface area contributed by atoms with Gasteiger partial charge in [0, 0.05) is 12.5 Å². The summed E-state index contributed by atoms with van der Waals surface area (Å²) in [6.45, 7) is 1.40. The van der Waals surface area contributed by atoms with Crippen molar-refractivity contribution in [1.29, 1.82) is 0 Å². The summed E-state index contributed by atoms with van der Waals surface area (Å²) in [5.41, 5.74) is 4.02. The number of fused-ring (bicyclic) bond motifs is 1. The molecule has 5 nitrogen and oxygen atoms in total. The Morgan fingerprint density at radius 2 is 1.97 bits per heavy atom. The van der Waals surface area contributed by atoms with Gasteiger partial charge in [0.1, 0.15) is 11.5 Å². The molecule has 7 heteroatoms. The zero-order valence-electron chi connectivity index (χ0n) is 15.8. The molecule has 0 radical (unpaired) electrons. The second kappa shape index (κ2) is 7.97. The molecule has 2 aromatic carbocycles. The average molecular weight is 413 g/mol. The smallest absolute Gasteiger partial charge is 0.274 e. The van der Waals surface area contributed by atoms with Gasteiger partial charge in [0.2, 0.25) is 0 Å². The number of para-hydroxylation sites is 1. The molecule has 29 heavy (non-hydrogen) atoms. The first-order valence-electron chi connectivity index (χ1n) is 9.68. The van der Waals surface area contributed by atoms with Gasteiger partial charge in [0.05, 0.1) is 17.1 Å². The first-order chi connectivity index (χ1) is 13.7. The van der Waals surface area contributed by atoms with Crippen LogP contribution in [0.2, 0.25) is 0 Å². The number of aromatic nitrogens is 2. The number of halogens is 2. The van der Waals surface area contributed by atoms with Crippen molar-refractivity contribution in [2.24, 2.45) is 0 Å². The molecule has 1 saturated carbocycles. The first kappa shape index (κ1) is 19.6. The molecule has 1 amide bonds. The van der Waals surface area contributed by atoms with Gasteiger partial charge in [-0.05, 0) is 61.2 Å². The molecule has 150 valence electrons.